The van der Waals surface area contributed by atoms with Gasteiger partial charge in [0.15, 0.2) is 11.5 Å². The van der Waals surface area contributed by atoms with E-state index in [1.807, 2.05) is 33.7 Å². The zero-order chi connectivity index (χ0) is 21.4. The van der Waals surface area contributed by atoms with Gasteiger partial charge in [0.05, 0.1) is 13.2 Å². The van der Waals surface area contributed by atoms with E-state index in [-0.39, 0.29) is 30.2 Å². The molecule has 9 heteroatoms. The molecule has 3 aliphatic rings. The minimum atomic E-state index is -0.654. The molecule has 0 radical (unpaired) electrons. The number of amides is 1. The van der Waals surface area contributed by atoms with Gasteiger partial charge in [0.1, 0.15) is 12.4 Å². The molecule has 166 valence electrons. The summed E-state index contributed by atoms with van der Waals surface area (Å²) in [5, 5.41) is 4.66. The highest BCUT2D eigenvalue weighted by atomic mass is 16.6. The molecule has 5 rings (SSSR count). The van der Waals surface area contributed by atoms with Gasteiger partial charge in [-0.25, -0.2) is 9.48 Å². The fourth-order valence-corrected chi connectivity index (χ4v) is 4.45. The molecule has 0 N–H and O–H groups in total. The summed E-state index contributed by atoms with van der Waals surface area (Å²) in [6.45, 7) is 2.29. The summed E-state index contributed by atoms with van der Waals surface area (Å²) in [7, 11) is 1.61. The maximum atomic E-state index is 13.2. The first-order chi connectivity index (χ1) is 15.2. The van der Waals surface area contributed by atoms with Crippen LogP contribution < -0.4 is 15.2 Å². The average Bonchev–Trinajstić information content (AvgIpc) is 3.60. The largest absolute Gasteiger partial charge is 0.485 e. The number of aromatic nitrogens is 3. The summed E-state index contributed by atoms with van der Waals surface area (Å²) >= 11 is 0. The summed E-state index contributed by atoms with van der Waals surface area (Å²) in [5.41, 5.74) is -0.0707. The van der Waals surface area contributed by atoms with Gasteiger partial charge >= 0.3 is 5.69 Å². The second-order valence-electron chi connectivity index (χ2n) is 8.45. The molecular weight excluding hydrogens is 400 g/mol. The van der Waals surface area contributed by atoms with Crippen molar-refractivity contribution in [3.05, 3.63) is 40.6 Å². The molecular formula is C22H28N4O5. The quantitative estimate of drug-likeness (QED) is 0.694. The van der Waals surface area contributed by atoms with Crippen LogP contribution in [0, 0.1) is 0 Å². The summed E-state index contributed by atoms with van der Waals surface area (Å²) in [4.78, 5) is 27.9. The molecule has 3 heterocycles. The Morgan fingerprint density at radius 2 is 2.03 bits per heavy atom. The Morgan fingerprint density at radius 3 is 2.81 bits per heavy atom. The van der Waals surface area contributed by atoms with Crippen LogP contribution in [0.5, 0.6) is 11.5 Å². The maximum Gasteiger partial charge on any atom is 0.346 e. The van der Waals surface area contributed by atoms with Crippen molar-refractivity contribution >= 4 is 5.91 Å². The predicted octanol–water partition coefficient (Wildman–Crippen LogP) is 1.57. The van der Waals surface area contributed by atoms with Crippen LogP contribution in [0.4, 0.5) is 0 Å². The first kappa shape index (κ1) is 20.1. The molecule has 2 atom stereocenters. The zero-order valence-electron chi connectivity index (χ0n) is 17.7. The third kappa shape index (κ3) is 3.94. The Balaban J connectivity index is 1.33. The first-order valence-corrected chi connectivity index (χ1v) is 11.0. The lowest BCUT2D eigenvalue weighted by molar-refractivity contribution is -0.142. The average molecular weight is 428 g/mol. The molecule has 2 unspecified atom stereocenters. The molecule has 1 aromatic heterocycles. The number of piperidine rings is 1. The van der Waals surface area contributed by atoms with Gasteiger partial charge in [0, 0.05) is 32.2 Å². The molecule has 0 bridgehead atoms. The third-order valence-electron chi connectivity index (χ3n) is 6.20. The lowest BCUT2D eigenvalue weighted by atomic mass is 9.96. The summed E-state index contributed by atoms with van der Waals surface area (Å²) in [6, 6.07) is 7.63. The number of nitrogens with zero attached hydrogens (tertiary/aromatic N) is 4. The van der Waals surface area contributed by atoms with E-state index in [0.717, 1.165) is 31.5 Å². The molecule has 2 fully saturated rings. The molecule has 31 heavy (non-hydrogen) atoms. The highest BCUT2D eigenvalue weighted by Crippen LogP contribution is 2.37. The van der Waals surface area contributed by atoms with E-state index in [2.05, 4.69) is 5.10 Å². The SMILES string of the molecule is COCCn1nc(C2CCCN(C(=O)C3COc4ccccc4O3)C2)n(C2CC2)c1=O. The van der Waals surface area contributed by atoms with Crippen molar-refractivity contribution in [1.82, 2.24) is 19.2 Å². The lowest BCUT2D eigenvalue weighted by Gasteiger charge is -2.35. The number of para-hydroxylation sites is 2. The number of rotatable bonds is 6. The Kier molecular flexibility index (Phi) is 5.43. The third-order valence-corrected chi connectivity index (χ3v) is 6.20. The van der Waals surface area contributed by atoms with Gasteiger partial charge in [0.2, 0.25) is 6.10 Å². The molecule has 9 nitrogen and oxygen atoms in total. The first-order valence-electron chi connectivity index (χ1n) is 11.0. The van der Waals surface area contributed by atoms with E-state index in [9.17, 15) is 9.59 Å². The van der Waals surface area contributed by atoms with E-state index >= 15 is 0 Å². The van der Waals surface area contributed by atoms with Gasteiger partial charge in [-0.2, -0.15) is 5.10 Å². The van der Waals surface area contributed by atoms with Gasteiger partial charge in [0.25, 0.3) is 5.91 Å². The molecule has 1 aliphatic carbocycles. The van der Waals surface area contributed by atoms with Crippen LogP contribution in [0.25, 0.3) is 0 Å². The second kappa shape index (κ2) is 8.37. The van der Waals surface area contributed by atoms with Gasteiger partial charge in [-0.05, 0) is 37.8 Å². The molecule has 2 aromatic rings. The predicted molar refractivity (Wildman–Crippen MR) is 112 cm³/mol. The number of methoxy groups -OCH3 is 1. The van der Waals surface area contributed by atoms with E-state index in [0.29, 0.717) is 37.7 Å². The monoisotopic (exact) mass is 428 g/mol. The molecule has 0 spiro atoms. The zero-order valence-corrected chi connectivity index (χ0v) is 17.7. The van der Waals surface area contributed by atoms with E-state index in [1.54, 1.807) is 7.11 Å². The normalized spacial score (nSPS) is 23.1. The number of hydrogen-bond donors (Lipinski definition) is 0. The van der Waals surface area contributed by atoms with Crippen molar-refractivity contribution in [3.63, 3.8) is 0 Å². The minimum Gasteiger partial charge on any atom is -0.485 e. The number of fused-ring (bicyclic) bond motifs is 1. The van der Waals surface area contributed by atoms with E-state index in [4.69, 9.17) is 14.2 Å². The lowest BCUT2D eigenvalue weighted by Crippen LogP contribution is -2.49. The maximum absolute atomic E-state index is 13.2. The van der Waals surface area contributed by atoms with Crippen LogP contribution in [0.1, 0.15) is 43.5 Å². The number of benzene rings is 1. The van der Waals surface area contributed by atoms with Crippen LogP contribution >= 0.6 is 0 Å². The number of carbonyl (C=O) groups excluding carboxylic acids is 1. The van der Waals surface area contributed by atoms with Crippen molar-refractivity contribution in [3.8, 4) is 11.5 Å². The number of likely N-dealkylation sites (tertiary alicyclic amines) is 1. The Labute approximate surface area is 180 Å². The Bertz CT molecular complexity index is 1010. The fourth-order valence-electron chi connectivity index (χ4n) is 4.45. The van der Waals surface area contributed by atoms with Crippen molar-refractivity contribution in [2.75, 3.05) is 33.4 Å². The van der Waals surface area contributed by atoms with Gasteiger partial charge < -0.3 is 19.1 Å². The molecule has 1 saturated carbocycles. The molecule has 1 saturated heterocycles. The van der Waals surface area contributed by atoms with Crippen molar-refractivity contribution in [2.45, 2.75) is 50.3 Å². The van der Waals surface area contributed by atoms with Crippen molar-refractivity contribution < 1.29 is 19.0 Å². The summed E-state index contributed by atoms with van der Waals surface area (Å²) in [6.07, 6.45) is 3.13. The molecule has 2 aliphatic heterocycles. The van der Waals surface area contributed by atoms with Gasteiger partial charge in [-0.15, -0.1) is 0 Å². The van der Waals surface area contributed by atoms with Crippen LogP contribution in [0.15, 0.2) is 29.1 Å². The summed E-state index contributed by atoms with van der Waals surface area (Å²) in [5.74, 6) is 2.02. The van der Waals surface area contributed by atoms with Crippen LogP contribution in [0.2, 0.25) is 0 Å². The highest BCUT2D eigenvalue weighted by molar-refractivity contribution is 5.82. The Hall–Kier alpha value is -2.81. The van der Waals surface area contributed by atoms with E-state index in [1.165, 1.54) is 4.68 Å². The summed E-state index contributed by atoms with van der Waals surface area (Å²) < 4.78 is 20.1. The Morgan fingerprint density at radius 1 is 1.23 bits per heavy atom. The topological polar surface area (TPSA) is 87.8 Å². The van der Waals surface area contributed by atoms with Crippen molar-refractivity contribution in [1.29, 1.82) is 0 Å². The molecule has 1 aromatic carbocycles. The number of carbonyl (C=O) groups is 1. The van der Waals surface area contributed by atoms with Gasteiger partial charge in [-0.1, -0.05) is 12.1 Å². The van der Waals surface area contributed by atoms with Gasteiger partial charge in [-0.3, -0.25) is 9.36 Å². The van der Waals surface area contributed by atoms with E-state index < -0.39 is 6.10 Å². The fraction of sp³-hybridized carbons (Fsp3) is 0.591. The number of hydrogen-bond acceptors (Lipinski definition) is 6. The van der Waals surface area contributed by atoms with Crippen molar-refractivity contribution in [2.24, 2.45) is 0 Å². The molecule has 1 amide bonds. The van der Waals surface area contributed by atoms with Crippen LogP contribution in [-0.4, -0.2) is 64.7 Å². The standard InChI is InChI=1S/C22H28N4O5/c1-29-12-11-25-22(28)26(16-8-9-16)20(23-25)15-5-4-10-24(13-15)21(27)19-14-30-17-6-2-3-7-18(17)31-19/h2-3,6-7,15-16,19H,4-5,8-14H2,1H3. The smallest absolute Gasteiger partial charge is 0.346 e. The van der Waals surface area contributed by atoms with Crippen LogP contribution in [0.3, 0.4) is 0 Å². The minimum absolute atomic E-state index is 0.0339. The highest BCUT2D eigenvalue weighted by Gasteiger charge is 2.37. The van der Waals surface area contributed by atoms with Crippen LogP contribution in [-0.2, 0) is 16.1 Å². The number of ether oxygens (including phenoxy) is 3. The second-order valence-corrected chi connectivity index (χ2v) is 8.45.